The van der Waals surface area contributed by atoms with Crippen LogP contribution < -0.4 is 0 Å². The van der Waals surface area contributed by atoms with Gasteiger partial charge < -0.3 is 0 Å². The number of benzene rings is 1. The molecule has 0 fully saturated rings. The first kappa shape index (κ1) is 25.9. The summed E-state index contributed by atoms with van der Waals surface area (Å²) in [6.07, 6.45) is 23.0. The van der Waals surface area contributed by atoms with Crippen molar-refractivity contribution >= 4 is 5.78 Å². The highest BCUT2D eigenvalue weighted by atomic mass is 16.1. The van der Waals surface area contributed by atoms with Gasteiger partial charge in [0.2, 0.25) is 0 Å². The molecule has 0 amide bonds. The monoisotopic (exact) mass is 400 g/mol. The van der Waals surface area contributed by atoms with E-state index in [1.165, 1.54) is 102 Å². The van der Waals surface area contributed by atoms with Crippen LogP contribution >= 0.6 is 0 Å². The van der Waals surface area contributed by atoms with Gasteiger partial charge in [-0.3, -0.25) is 4.79 Å². The van der Waals surface area contributed by atoms with E-state index < -0.39 is 0 Å². The SMILES string of the molecule is CCCCCCCCCCCCCCCC(=O)C(CCCCC)c1ccccc1. The van der Waals surface area contributed by atoms with E-state index in [0.29, 0.717) is 5.78 Å². The Morgan fingerprint density at radius 1 is 0.621 bits per heavy atom. The van der Waals surface area contributed by atoms with Crippen LogP contribution in [-0.2, 0) is 4.79 Å². The molecule has 1 heteroatoms. The lowest BCUT2D eigenvalue weighted by atomic mass is 9.87. The van der Waals surface area contributed by atoms with Gasteiger partial charge in [0.05, 0.1) is 0 Å². The van der Waals surface area contributed by atoms with Crippen LogP contribution in [0.4, 0.5) is 0 Å². The molecule has 0 bridgehead atoms. The summed E-state index contributed by atoms with van der Waals surface area (Å²) in [5, 5.41) is 0. The van der Waals surface area contributed by atoms with E-state index in [2.05, 4.69) is 38.1 Å². The third kappa shape index (κ3) is 13.7. The summed E-state index contributed by atoms with van der Waals surface area (Å²) < 4.78 is 0. The topological polar surface area (TPSA) is 17.1 Å². The Morgan fingerprint density at radius 2 is 1.07 bits per heavy atom. The van der Waals surface area contributed by atoms with Gasteiger partial charge >= 0.3 is 0 Å². The van der Waals surface area contributed by atoms with Crippen LogP contribution in [0.25, 0.3) is 0 Å². The summed E-state index contributed by atoms with van der Waals surface area (Å²) >= 11 is 0. The molecule has 1 aromatic rings. The Morgan fingerprint density at radius 3 is 1.59 bits per heavy atom. The van der Waals surface area contributed by atoms with E-state index in [9.17, 15) is 4.79 Å². The van der Waals surface area contributed by atoms with E-state index in [1.807, 2.05) is 6.07 Å². The number of Topliss-reactive ketones (excluding diaryl/α,β-unsaturated/α-hetero) is 1. The predicted molar refractivity (Wildman–Crippen MR) is 129 cm³/mol. The summed E-state index contributed by atoms with van der Waals surface area (Å²) in [4.78, 5) is 12.8. The second kappa shape index (κ2) is 18.9. The van der Waals surface area contributed by atoms with Crippen molar-refractivity contribution < 1.29 is 4.79 Å². The molecule has 1 atom stereocenters. The maximum Gasteiger partial charge on any atom is 0.140 e. The Labute approximate surface area is 182 Å². The molecule has 29 heavy (non-hydrogen) atoms. The average molecular weight is 401 g/mol. The van der Waals surface area contributed by atoms with E-state index in [0.717, 1.165) is 19.3 Å². The van der Waals surface area contributed by atoms with Gasteiger partial charge in [-0.25, -0.2) is 0 Å². The average Bonchev–Trinajstić information content (AvgIpc) is 2.75. The fraction of sp³-hybridized carbons (Fsp3) is 0.750. The van der Waals surface area contributed by atoms with E-state index >= 15 is 0 Å². The molecule has 0 aliphatic carbocycles. The first-order valence-corrected chi connectivity index (χ1v) is 12.9. The summed E-state index contributed by atoms with van der Waals surface area (Å²) in [5.74, 6) is 0.593. The van der Waals surface area contributed by atoms with Gasteiger partial charge in [-0.05, 0) is 18.4 Å². The molecule has 0 spiro atoms. The van der Waals surface area contributed by atoms with Gasteiger partial charge in [-0.15, -0.1) is 0 Å². The van der Waals surface area contributed by atoms with Crippen LogP contribution in [-0.4, -0.2) is 5.78 Å². The minimum atomic E-state index is 0.125. The molecular weight excluding hydrogens is 352 g/mol. The van der Waals surface area contributed by atoms with Gasteiger partial charge in [-0.1, -0.05) is 140 Å². The number of ketones is 1. The lowest BCUT2D eigenvalue weighted by molar-refractivity contribution is -0.120. The zero-order valence-corrected chi connectivity index (χ0v) is 19.6. The van der Waals surface area contributed by atoms with Crippen molar-refractivity contribution in [1.82, 2.24) is 0 Å². The fourth-order valence-electron chi connectivity index (χ4n) is 4.29. The molecule has 166 valence electrons. The highest BCUT2D eigenvalue weighted by Gasteiger charge is 2.19. The zero-order chi connectivity index (χ0) is 21.0. The normalized spacial score (nSPS) is 12.2. The van der Waals surface area contributed by atoms with Crippen LogP contribution in [0, 0.1) is 0 Å². The highest BCUT2D eigenvalue weighted by molar-refractivity contribution is 5.85. The molecule has 0 saturated carbocycles. The molecule has 0 aliphatic rings. The molecule has 0 aromatic heterocycles. The summed E-state index contributed by atoms with van der Waals surface area (Å²) in [6.45, 7) is 4.51. The van der Waals surface area contributed by atoms with E-state index in [4.69, 9.17) is 0 Å². The quantitative estimate of drug-likeness (QED) is 0.199. The molecule has 0 saturated heterocycles. The van der Waals surface area contributed by atoms with Crippen molar-refractivity contribution in [2.75, 3.05) is 0 Å². The Balaban J connectivity index is 2.08. The van der Waals surface area contributed by atoms with E-state index in [1.54, 1.807) is 0 Å². The molecule has 1 nitrogen and oxygen atoms in total. The van der Waals surface area contributed by atoms with Gasteiger partial charge in [0.1, 0.15) is 5.78 Å². The van der Waals surface area contributed by atoms with Gasteiger partial charge in [-0.2, -0.15) is 0 Å². The Bertz CT molecular complexity index is 478. The summed E-state index contributed by atoms with van der Waals surface area (Å²) in [7, 11) is 0. The van der Waals surface area contributed by atoms with Crippen molar-refractivity contribution in [3.05, 3.63) is 35.9 Å². The predicted octanol–water partition coefficient (Wildman–Crippen LogP) is 9.40. The van der Waals surface area contributed by atoms with Crippen LogP contribution in [0.2, 0.25) is 0 Å². The molecule has 0 heterocycles. The second-order valence-electron chi connectivity index (χ2n) is 8.92. The van der Waals surface area contributed by atoms with Crippen LogP contribution in [0.5, 0.6) is 0 Å². The minimum Gasteiger partial charge on any atom is -0.299 e. The van der Waals surface area contributed by atoms with Gasteiger partial charge in [0, 0.05) is 12.3 Å². The number of carbonyl (C=O) groups is 1. The zero-order valence-electron chi connectivity index (χ0n) is 19.6. The number of hydrogen-bond acceptors (Lipinski definition) is 1. The first-order chi connectivity index (χ1) is 14.3. The molecule has 1 aromatic carbocycles. The second-order valence-corrected chi connectivity index (χ2v) is 8.92. The molecule has 0 radical (unpaired) electrons. The van der Waals surface area contributed by atoms with Crippen molar-refractivity contribution in [3.8, 4) is 0 Å². The third-order valence-electron chi connectivity index (χ3n) is 6.21. The smallest absolute Gasteiger partial charge is 0.140 e. The largest absolute Gasteiger partial charge is 0.299 e. The third-order valence-corrected chi connectivity index (χ3v) is 6.21. The molecular formula is C28H48O. The maximum atomic E-state index is 12.8. The molecule has 0 N–H and O–H groups in total. The molecule has 1 unspecified atom stereocenters. The Hall–Kier alpha value is -1.11. The Kier molecular flexibility index (Phi) is 16.9. The summed E-state index contributed by atoms with van der Waals surface area (Å²) in [5.41, 5.74) is 1.23. The number of unbranched alkanes of at least 4 members (excludes halogenated alkanes) is 14. The van der Waals surface area contributed by atoms with Crippen LogP contribution in [0.3, 0.4) is 0 Å². The number of rotatable bonds is 20. The van der Waals surface area contributed by atoms with E-state index in [-0.39, 0.29) is 5.92 Å². The van der Waals surface area contributed by atoms with Gasteiger partial charge in [0.15, 0.2) is 0 Å². The molecule has 0 aliphatic heterocycles. The maximum absolute atomic E-state index is 12.8. The minimum absolute atomic E-state index is 0.125. The van der Waals surface area contributed by atoms with Crippen molar-refractivity contribution in [2.45, 2.75) is 135 Å². The fourth-order valence-corrected chi connectivity index (χ4v) is 4.29. The number of carbonyl (C=O) groups excluding carboxylic acids is 1. The first-order valence-electron chi connectivity index (χ1n) is 12.9. The van der Waals surface area contributed by atoms with Crippen molar-refractivity contribution in [3.63, 3.8) is 0 Å². The van der Waals surface area contributed by atoms with Crippen molar-refractivity contribution in [2.24, 2.45) is 0 Å². The van der Waals surface area contributed by atoms with Crippen LogP contribution in [0.1, 0.15) is 141 Å². The summed E-state index contributed by atoms with van der Waals surface area (Å²) in [6, 6.07) is 10.5. The van der Waals surface area contributed by atoms with Crippen LogP contribution in [0.15, 0.2) is 30.3 Å². The lowest BCUT2D eigenvalue weighted by Crippen LogP contribution is -2.12. The number of hydrogen-bond donors (Lipinski definition) is 0. The lowest BCUT2D eigenvalue weighted by Gasteiger charge is -2.16. The molecule has 1 rings (SSSR count). The highest BCUT2D eigenvalue weighted by Crippen LogP contribution is 2.26. The van der Waals surface area contributed by atoms with Crippen molar-refractivity contribution in [1.29, 1.82) is 0 Å². The standard InChI is InChI=1S/C28H48O/c1-3-5-7-8-9-10-11-12-13-14-15-16-21-25-28(29)27(24-18-6-4-2)26-22-19-17-20-23-26/h17,19-20,22-23,27H,3-16,18,21,24-25H2,1-2H3. The van der Waals surface area contributed by atoms with Gasteiger partial charge in [0.25, 0.3) is 0 Å².